The maximum Gasteiger partial charge on any atom is 0.241 e. The Morgan fingerprint density at radius 2 is 1.96 bits per heavy atom. The van der Waals surface area contributed by atoms with E-state index in [1.807, 2.05) is 23.1 Å². The van der Waals surface area contributed by atoms with E-state index < -0.39 is 0 Å². The molecule has 0 N–H and O–H groups in total. The lowest BCUT2D eigenvalue weighted by Gasteiger charge is -2.24. The summed E-state index contributed by atoms with van der Waals surface area (Å²) in [5.41, 5.74) is 1.01. The summed E-state index contributed by atoms with van der Waals surface area (Å²) >= 11 is 7.01. The van der Waals surface area contributed by atoms with Gasteiger partial charge in [0.25, 0.3) is 0 Å². The molecule has 26 heavy (non-hydrogen) atoms. The van der Waals surface area contributed by atoms with Crippen LogP contribution >= 0.6 is 24.0 Å². The second kappa shape index (κ2) is 9.09. The smallest absolute Gasteiger partial charge is 0.241 e. The molecule has 1 aromatic carbocycles. The van der Waals surface area contributed by atoms with Crippen molar-refractivity contribution >= 4 is 34.2 Å². The van der Waals surface area contributed by atoms with Crippen LogP contribution in [0.4, 0.5) is 0 Å². The van der Waals surface area contributed by atoms with Crippen LogP contribution in [-0.2, 0) is 11.2 Å². The first-order valence-corrected chi connectivity index (χ1v) is 10.6. The molecule has 1 saturated carbocycles. The zero-order valence-electron chi connectivity index (χ0n) is 15.5. The summed E-state index contributed by atoms with van der Waals surface area (Å²) in [6.07, 6.45) is 8.32. The number of rotatable bonds is 7. The lowest BCUT2D eigenvalue weighted by molar-refractivity contribution is -0.126. The molecule has 4 nitrogen and oxygen atoms in total. The average molecular weight is 394 g/mol. The van der Waals surface area contributed by atoms with E-state index in [9.17, 15) is 4.79 Å². The van der Waals surface area contributed by atoms with Gasteiger partial charge in [0.05, 0.1) is 19.5 Å². The largest absolute Gasteiger partial charge is 0.497 e. The molecule has 1 aliphatic carbocycles. The van der Waals surface area contributed by atoms with Crippen molar-refractivity contribution in [3.63, 3.8) is 0 Å². The topological polar surface area (TPSA) is 38.8 Å². The number of thiocarbonyl (C=S) groups is 1. The number of carbonyl (C=O) groups is 1. The number of carbonyl (C=O) groups excluding carboxylic acids is 1. The minimum absolute atomic E-state index is 0.147. The summed E-state index contributed by atoms with van der Waals surface area (Å²) in [5.74, 6) is 2.41. The molecule has 6 heteroatoms. The Bertz CT molecular complexity index is 658. The molecule has 0 aromatic heterocycles. The molecule has 0 unspecified atom stereocenters. The first-order valence-electron chi connectivity index (χ1n) is 9.35. The highest BCUT2D eigenvalue weighted by Gasteiger charge is 2.37. The van der Waals surface area contributed by atoms with Crippen LogP contribution in [0, 0.1) is 5.92 Å². The number of benzene rings is 1. The van der Waals surface area contributed by atoms with E-state index in [2.05, 4.69) is 0 Å². The minimum Gasteiger partial charge on any atom is -0.497 e. The van der Waals surface area contributed by atoms with Crippen molar-refractivity contribution < 1.29 is 14.3 Å². The van der Waals surface area contributed by atoms with Crippen LogP contribution in [0.25, 0.3) is 0 Å². The normalized spacial score (nSPS) is 21.3. The maximum atomic E-state index is 12.9. The number of amides is 1. The highest BCUT2D eigenvalue weighted by molar-refractivity contribution is 8.24. The van der Waals surface area contributed by atoms with Gasteiger partial charge in [0.2, 0.25) is 5.91 Å². The minimum atomic E-state index is -0.156. The first-order chi connectivity index (χ1) is 12.6. The van der Waals surface area contributed by atoms with Crippen LogP contribution in [0.1, 0.15) is 44.1 Å². The van der Waals surface area contributed by atoms with Crippen molar-refractivity contribution in [2.45, 2.75) is 50.2 Å². The number of hydrogen-bond acceptors (Lipinski definition) is 5. The Kier molecular flexibility index (Phi) is 6.81. The van der Waals surface area contributed by atoms with E-state index in [-0.39, 0.29) is 11.2 Å². The Morgan fingerprint density at radius 1 is 1.19 bits per heavy atom. The van der Waals surface area contributed by atoms with Gasteiger partial charge in [0.1, 0.15) is 15.8 Å². The SMILES string of the molecule is COc1ccc(C[C@H]2SC(=S)N(CCC3CCCCC3)C2=O)c(OC)c1. The van der Waals surface area contributed by atoms with Crippen LogP contribution in [0.15, 0.2) is 18.2 Å². The highest BCUT2D eigenvalue weighted by Crippen LogP contribution is 2.34. The Morgan fingerprint density at radius 3 is 2.65 bits per heavy atom. The average Bonchev–Trinajstić information content (AvgIpc) is 2.94. The molecule has 3 rings (SSSR count). The van der Waals surface area contributed by atoms with Crippen LogP contribution in [0.5, 0.6) is 11.5 Å². The van der Waals surface area contributed by atoms with Crippen molar-refractivity contribution in [1.29, 1.82) is 0 Å². The van der Waals surface area contributed by atoms with Gasteiger partial charge in [-0.15, -0.1) is 0 Å². The van der Waals surface area contributed by atoms with Gasteiger partial charge in [-0.05, 0) is 30.4 Å². The predicted molar refractivity (Wildman–Crippen MR) is 110 cm³/mol. The number of methoxy groups -OCH3 is 2. The quantitative estimate of drug-likeness (QED) is 0.640. The Labute approximate surface area is 165 Å². The molecule has 1 amide bonds. The lowest BCUT2D eigenvalue weighted by Crippen LogP contribution is -2.34. The van der Waals surface area contributed by atoms with Gasteiger partial charge in [0, 0.05) is 12.6 Å². The molecular formula is C20H27NO3S2. The van der Waals surface area contributed by atoms with Crippen molar-refractivity contribution in [3.8, 4) is 11.5 Å². The molecular weight excluding hydrogens is 366 g/mol. The van der Waals surface area contributed by atoms with Gasteiger partial charge in [0.15, 0.2) is 0 Å². The van der Waals surface area contributed by atoms with Crippen molar-refractivity contribution in [1.82, 2.24) is 4.90 Å². The van der Waals surface area contributed by atoms with E-state index in [4.69, 9.17) is 21.7 Å². The number of ether oxygens (including phenoxy) is 2. The van der Waals surface area contributed by atoms with Gasteiger partial charge in [-0.2, -0.15) is 0 Å². The zero-order valence-corrected chi connectivity index (χ0v) is 17.2. The van der Waals surface area contributed by atoms with Crippen molar-refractivity contribution in [2.24, 2.45) is 5.92 Å². The third-order valence-corrected chi connectivity index (χ3v) is 6.97. The summed E-state index contributed by atoms with van der Waals surface area (Å²) in [7, 11) is 3.27. The number of hydrogen-bond donors (Lipinski definition) is 0. The highest BCUT2D eigenvalue weighted by atomic mass is 32.2. The molecule has 0 spiro atoms. The maximum absolute atomic E-state index is 12.9. The third-order valence-electron chi connectivity index (χ3n) is 5.39. The number of thioether (sulfide) groups is 1. The summed E-state index contributed by atoms with van der Waals surface area (Å²) < 4.78 is 11.4. The molecule has 142 valence electrons. The molecule has 1 atom stereocenters. The second-order valence-corrected chi connectivity index (χ2v) is 8.87. The van der Waals surface area contributed by atoms with Gasteiger partial charge >= 0.3 is 0 Å². The number of nitrogens with zero attached hydrogens (tertiary/aromatic N) is 1. The zero-order chi connectivity index (χ0) is 18.5. The van der Waals surface area contributed by atoms with Crippen molar-refractivity contribution in [2.75, 3.05) is 20.8 Å². The molecule has 2 aliphatic rings. The van der Waals surface area contributed by atoms with E-state index in [1.165, 1.54) is 43.9 Å². The summed E-state index contributed by atoms with van der Waals surface area (Å²) in [4.78, 5) is 14.7. The van der Waals surface area contributed by atoms with Gasteiger partial charge < -0.3 is 9.47 Å². The van der Waals surface area contributed by atoms with Gasteiger partial charge in [-0.25, -0.2) is 0 Å². The summed E-state index contributed by atoms with van der Waals surface area (Å²) in [6, 6.07) is 5.74. The molecule has 1 aromatic rings. The van der Waals surface area contributed by atoms with Crippen LogP contribution in [-0.4, -0.2) is 41.1 Å². The van der Waals surface area contributed by atoms with E-state index in [0.717, 1.165) is 40.3 Å². The van der Waals surface area contributed by atoms with E-state index in [0.29, 0.717) is 6.42 Å². The fourth-order valence-electron chi connectivity index (χ4n) is 3.84. The van der Waals surface area contributed by atoms with E-state index in [1.54, 1.807) is 14.2 Å². The molecule has 0 radical (unpaired) electrons. The molecule has 1 saturated heterocycles. The molecule has 2 fully saturated rings. The summed E-state index contributed by atoms with van der Waals surface area (Å²) in [6.45, 7) is 0.769. The van der Waals surface area contributed by atoms with Crippen LogP contribution in [0.2, 0.25) is 0 Å². The van der Waals surface area contributed by atoms with Crippen LogP contribution < -0.4 is 9.47 Å². The van der Waals surface area contributed by atoms with Gasteiger partial charge in [-0.1, -0.05) is 62.2 Å². The van der Waals surface area contributed by atoms with Crippen molar-refractivity contribution in [3.05, 3.63) is 23.8 Å². The lowest BCUT2D eigenvalue weighted by atomic mass is 9.87. The third kappa shape index (κ3) is 4.52. The van der Waals surface area contributed by atoms with Crippen LogP contribution in [0.3, 0.4) is 0 Å². The molecule has 1 heterocycles. The first kappa shape index (κ1) is 19.5. The Hall–Kier alpha value is -1.27. The second-order valence-electron chi connectivity index (χ2n) is 7.04. The van der Waals surface area contributed by atoms with E-state index >= 15 is 0 Å². The monoisotopic (exact) mass is 393 g/mol. The predicted octanol–water partition coefficient (Wildman–Crippen LogP) is 4.45. The Balaban J connectivity index is 1.61. The molecule has 0 bridgehead atoms. The fourth-order valence-corrected chi connectivity index (χ4v) is 5.41. The summed E-state index contributed by atoms with van der Waals surface area (Å²) in [5, 5.41) is -0.156. The fraction of sp³-hybridized carbons (Fsp3) is 0.600. The standard InChI is InChI=1S/C20H27NO3S2/c1-23-16-9-8-15(17(13-16)24-2)12-18-19(22)21(20(25)26-18)11-10-14-6-4-3-5-7-14/h8-9,13-14,18H,3-7,10-12H2,1-2H3/t18-/m1/s1. The van der Waals surface area contributed by atoms with Gasteiger partial charge in [-0.3, -0.25) is 9.69 Å². The molecule has 1 aliphatic heterocycles.